The van der Waals surface area contributed by atoms with Crippen LogP contribution in [0.5, 0.6) is 0 Å². The topological polar surface area (TPSA) is 50.4 Å². The maximum absolute atomic E-state index is 11.8. The van der Waals surface area contributed by atoms with Crippen molar-refractivity contribution in [3.8, 4) is 0 Å². The van der Waals surface area contributed by atoms with Gasteiger partial charge in [-0.05, 0) is 65.6 Å². The van der Waals surface area contributed by atoms with Crippen molar-refractivity contribution in [1.29, 1.82) is 0 Å². The van der Waals surface area contributed by atoms with Crippen LogP contribution >= 0.6 is 11.8 Å². The number of amides is 1. The molecule has 0 heterocycles. The van der Waals surface area contributed by atoms with Gasteiger partial charge >= 0.3 is 6.09 Å². The largest absolute Gasteiger partial charge is 0.444 e. The van der Waals surface area contributed by atoms with Gasteiger partial charge in [0.15, 0.2) is 0 Å². The van der Waals surface area contributed by atoms with E-state index in [0.717, 1.165) is 32.2 Å². The maximum atomic E-state index is 11.8. The molecule has 1 amide bonds. The summed E-state index contributed by atoms with van der Waals surface area (Å²) in [6, 6.07) is 0.835. The minimum atomic E-state index is -0.426. The van der Waals surface area contributed by atoms with Gasteiger partial charge < -0.3 is 15.4 Å². The Morgan fingerprint density at radius 1 is 1.09 bits per heavy atom. The number of alkyl carbamates (subject to hydrolysis) is 1. The number of thioether (sulfide) groups is 1. The monoisotopic (exact) mass is 344 g/mol. The Bertz CT molecular complexity index is 348. The molecule has 4 nitrogen and oxygen atoms in total. The molecular formula is C18H36N2O2S. The molecule has 1 aliphatic carbocycles. The highest BCUT2D eigenvalue weighted by Crippen LogP contribution is 2.30. The minimum absolute atomic E-state index is 0.255. The lowest BCUT2D eigenvalue weighted by molar-refractivity contribution is 0.0489. The first kappa shape index (κ1) is 20.6. The summed E-state index contributed by atoms with van der Waals surface area (Å²) in [6.45, 7) is 11.3. The quantitative estimate of drug-likeness (QED) is 0.721. The fourth-order valence-electron chi connectivity index (χ4n) is 3.11. The zero-order valence-electron chi connectivity index (χ0n) is 15.8. The molecule has 136 valence electrons. The lowest BCUT2D eigenvalue weighted by Gasteiger charge is -2.35. The highest BCUT2D eigenvalue weighted by Gasteiger charge is 2.28. The first-order chi connectivity index (χ1) is 10.7. The van der Waals surface area contributed by atoms with E-state index in [9.17, 15) is 4.79 Å². The molecule has 5 heteroatoms. The molecule has 0 aliphatic heterocycles. The molecule has 1 fully saturated rings. The van der Waals surface area contributed by atoms with Crippen molar-refractivity contribution >= 4 is 17.9 Å². The van der Waals surface area contributed by atoms with Gasteiger partial charge in [-0.3, -0.25) is 0 Å². The van der Waals surface area contributed by atoms with Crippen LogP contribution in [0.15, 0.2) is 0 Å². The number of rotatable bonds is 7. The number of carbonyl (C=O) groups is 1. The third-order valence-electron chi connectivity index (χ3n) is 4.88. The fraction of sp³-hybridized carbons (Fsp3) is 0.944. The third kappa shape index (κ3) is 7.34. The van der Waals surface area contributed by atoms with Crippen LogP contribution in [0, 0.1) is 0 Å². The SMILES string of the molecule is CCC(CC)(CNC1CCC(NC(=O)OC(C)(C)C)CC1)SC. The van der Waals surface area contributed by atoms with E-state index in [2.05, 4.69) is 30.7 Å². The van der Waals surface area contributed by atoms with Gasteiger partial charge in [-0.2, -0.15) is 11.8 Å². The zero-order chi connectivity index (χ0) is 17.5. The first-order valence-electron chi connectivity index (χ1n) is 9.01. The van der Waals surface area contributed by atoms with Crippen molar-refractivity contribution in [2.75, 3.05) is 12.8 Å². The summed E-state index contributed by atoms with van der Waals surface area (Å²) in [5.41, 5.74) is -0.426. The van der Waals surface area contributed by atoms with Gasteiger partial charge in [-0.25, -0.2) is 4.79 Å². The molecule has 0 aromatic rings. The van der Waals surface area contributed by atoms with Crippen LogP contribution in [0.1, 0.15) is 73.1 Å². The average Bonchev–Trinajstić information content (AvgIpc) is 2.49. The Morgan fingerprint density at radius 3 is 2.04 bits per heavy atom. The Hall–Kier alpha value is -0.420. The van der Waals surface area contributed by atoms with Crippen LogP contribution < -0.4 is 10.6 Å². The Labute approximate surface area is 146 Å². The van der Waals surface area contributed by atoms with E-state index in [4.69, 9.17) is 4.74 Å². The summed E-state index contributed by atoms with van der Waals surface area (Å²) in [5.74, 6) is 0. The van der Waals surface area contributed by atoms with Crippen molar-refractivity contribution in [2.24, 2.45) is 0 Å². The van der Waals surface area contributed by atoms with Crippen LogP contribution in [0.4, 0.5) is 4.79 Å². The summed E-state index contributed by atoms with van der Waals surface area (Å²) in [4.78, 5) is 11.8. The van der Waals surface area contributed by atoms with E-state index in [-0.39, 0.29) is 12.1 Å². The summed E-state index contributed by atoms with van der Waals surface area (Å²) in [6.07, 6.45) is 8.64. The Morgan fingerprint density at radius 2 is 1.61 bits per heavy atom. The van der Waals surface area contributed by atoms with Crippen LogP contribution in [0.25, 0.3) is 0 Å². The van der Waals surface area contributed by atoms with E-state index in [1.165, 1.54) is 12.8 Å². The van der Waals surface area contributed by atoms with Gasteiger partial charge in [-0.1, -0.05) is 13.8 Å². The van der Waals surface area contributed by atoms with Crippen molar-refractivity contribution in [3.63, 3.8) is 0 Å². The van der Waals surface area contributed by atoms with Crippen LogP contribution in [0.2, 0.25) is 0 Å². The molecular weight excluding hydrogens is 308 g/mol. The molecule has 2 N–H and O–H groups in total. The molecule has 1 rings (SSSR count). The maximum Gasteiger partial charge on any atom is 0.407 e. The standard InChI is InChI=1S/C18H36N2O2S/c1-7-18(8-2,23-6)13-19-14-9-11-15(12-10-14)20-16(21)22-17(3,4)5/h14-15,19H,7-13H2,1-6H3,(H,20,21). The van der Waals surface area contributed by atoms with Gasteiger partial charge in [0.25, 0.3) is 0 Å². The number of nitrogens with one attached hydrogen (secondary N) is 2. The van der Waals surface area contributed by atoms with Crippen molar-refractivity contribution in [1.82, 2.24) is 10.6 Å². The number of carbonyl (C=O) groups excluding carboxylic acids is 1. The van der Waals surface area contributed by atoms with Crippen molar-refractivity contribution < 1.29 is 9.53 Å². The zero-order valence-corrected chi connectivity index (χ0v) is 16.6. The summed E-state index contributed by atoms with van der Waals surface area (Å²) >= 11 is 1.98. The summed E-state index contributed by atoms with van der Waals surface area (Å²) in [7, 11) is 0. The second-order valence-corrected chi connectivity index (χ2v) is 8.94. The molecule has 0 spiro atoms. The van der Waals surface area contributed by atoms with E-state index >= 15 is 0 Å². The van der Waals surface area contributed by atoms with Gasteiger partial charge in [-0.15, -0.1) is 0 Å². The second kappa shape index (κ2) is 9.16. The van der Waals surface area contributed by atoms with E-state index in [1.54, 1.807) is 0 Å². The second-order valence-electron chi connectivity index (χ2n) is 7.67. The minimum Gasteiger partial charge on any atom is -0.444 e. The van der Waals surface area contributed by atoms with Gasteiger partial charge in [0.05, 0.1) is 0 Å². The van der Waals surface area contributed by atoms with Gasteiger partial charge in [0, 0.05) is 23.4 Å². The molecule has 0 bridgehead atoms. The van der Waals surface area contributed by atoms with Crippen molar-refractivity contribution in [2.45, 2.75) is 95.6 Å². The molecule has 0 aromatic carbocycles. The van der Waals surface area contributed by atoms with Crippen molar-refractivity contribution in [3.05, 3.63) is 0 Å². The molecule has 0 atom stereocenters. The molecule has 0 unspecified atom stereocenters. The highest BCUT2D eigenvalue weighted by atomic mass is 32.2. The van der Waals surface area contributed by atoms with Gasteiger partial charge in [0.1, 0.15) is 5.60 Å². The number of ether oxygens (including phenoxy) is 1. The summed E-state index contributed by atoms with van der Waals surface area (Å²) < 4.78 is 5.70. The molecule has 1 saturated carbocycles. The van der Waals surface area contributed by atoms with E-state index < -0.39 is 5.60 Å². The smallest absolute Gasteiger partial charge is 0.407 e. The number of hydrogen-bond donors (Lipinski definition) is 2. The summed E-state index contributed by atoms with van der Waals surface area (Å²) in [5, 5.41) is 6.77. The number of hydrogen-bond acceptors (Lipinski definition) is 4. The third-order valence-corrected chi connectivity index (χ3v) is 6.47. The Balaban J connectivity index is 2.31. The molecule has 1 aliphatic rings. The lowest BCUT2D eigenvalue weighted by atomic mass is 9.90. The first-order valence-corrected chi connectivity index (χ1v) is 10.2. The van der Waals surface area contributed by atoms with Crippen LogP contribution in [-0.4, -0.2) is 41.3 Å². The van der Waals surface area contributed by atoms with Crippen LogP contribution in [0.3, 0.4) is 0 Å². The predicted octanol–water partition coefficient (Wildman–Crippen LogP) is 4.33. The van der Waals surface area contributed by atoms with E-state index in [0.29, 0.717) is 10.8 Å². The normalized spacial score (nSPS) is 22.7. The molecule has 0 saturated heterocycles. The van der Waals surface area contributed by atoms with Crippen LogP contribution in [-0.2, 0) is 4.74 Å². The van der Waals surface area contributed by atoms with Gasteiger partial charge in [0.2, 0.25) is 0 Å². The fourth-order valence-corrected chi connectivity index (χ4v) is 3.91. The van der Waals surface area contributed by atoms with E-state index in [1.807, 2.05) is 32.5 Å². The lowest BCUT2D eigenvalue weighted by Crippen LogP contribution is -2.46. The average molecular weight is 345 g/mol. The highest BCUT2D eigenvalue weighted by molar-refractivity contribution is 8.00. The molecule has 0 aromatic heterocycles. The molecule has 0 radical (unpaired) electrons. The Kier molecular flexibility index (Phi) is 8.22. The molecule has 23 heavy (non-hydrogen) atoms. The predicted molar refractivity (Wildman–Crippen MR) is 100 cm³/mol.